The topological polar surface area (TPSA) is 32.7 Å². The van der Waals surface area contributed by atoms with Crippen LogP contribution in [0.25, 0.3) is 0 Å². The van der Waals surface area contributed by atoms with Crippen LogP contribution in [0.3, 0.4) is 0 Å². The summed E-state index contributed by atoms with van der Waals surface area (Å²) in [4.78, 5) is 2.38. The minimum atomic E-state index is -0.442. The summed E-state index contributed by atoms with van der Waals surface area (Å²) in [6, 6.07) is 8.02. The van der Waals surface area contributed by atoms with Crippen molar-refractivity contribution >= 4 is 23.0 Å². The quantitative estimate of drug-likeness (QED) is 0.742. The normalized spacial score (nSPS) is 20.7. The molecule has 0 bridgehead atoms. The summed E-state index contributed by atoms with van der Waals surface area (Å²) in [7, 11) is 1.71. The van der Waals surface area contributed by atoms with Crippen LogP contribution >= 0.6 is 11.6 Å². The number of nitrogens with zero attached hydrogens (tertiary/aromatic N) is 1. The summed E-state index contributed by atoms with van der Waals surface area (Å²) in [6.45, 7) is 7.14. The van der Waals surface area contributed by atoms with Crippen molar-refractivity contribution < 1.29 is 9.84 Å². The van der Waals surface area contributed by atoms with Gasteiger partial charge in [0.05, 0.1) is 18.9 Å². The van der Waals surface area contributed by atoms with Gasteiger partial charge in [-0.1, -0.05) is 18.0 Å². The summed E-state index contributed by atoms with van der Waals surface area (Å²) in [5, 5.41) is 12.1. The highest BCUT2D eigenvalue weighted by Crippen LogP contribution is 2.59. The number of hydrogen-bond acceptors (Lipinski definition) is 3. The first-order valence-corrected chi connectivity index (χ1v) is 9.66. The predicted octanol–water partition coefficient (Wildman–Crippen LogP) is 5.63. The Morgan fingerprint density at radius 3 is 2.27 bits per heavy atom. The van der Waals surface area contributed by atoms with E-state index in [1.165, 1.54) is 12.0 Å². The molecule has 2 aliphatic rings. The first-order chi connectivity index (χ1) is 12.4. The molecule has 3 nitrogen and oxygen atoms in total. The van der Waals surface area contributed by atoms with Gasteiger partial charge < -0.3 is 14.7 Å². The Kier molecular flexibility index (Phi) is 4.20. The van der Waals surface area contributed by atoms with Crippen LogP contribution in [-0.4, -0.2) is 18.8 Å². The van der Waals surface area contributed by atoms with E-state index in [2.05, 4.69) is 37.8 Å². The van der Waals surface area contributed by atoms with Crippen molar-refractivity contribution in [3.63, 3.8) is 0 Å². The molecule has 0 radical (unpaired) electrons. The molecule has 1 heterocycles. The number of rotatable bonds is 2. The lowest BCUT2D eigenvalue weighted by Gasteiger charge is -2.54. The van der Waals surface area contributed by atoms with E-state index < -0.39 is 6.10 Å². The summed E-state index contributed by atoms with van der Waals surface area (Å²) >= 11 is 6.11. The molecule has 1 atom stereocenters. The highest BCUT2D eigenvalue weighted by molar-refractivity contribution is 6.30. The minimum Gasteiger partial charge on any atom is -0.496 e. The lowest BCUT2D eigenvalue weighted by molar-refractivity contribution is -0.0351. The Morgan fingerprint density at radius 2 is 1.73 bits per heavy atom. The fourth-order valence-electron chi connectivity index (χ4n) is 4.81. The molecule has 0 saturated heterocycles. The maximum atomic E-state index is 11.4. The lowest BCUT2D eigenvalue weighted by Crippen LogP contribution is -2.49. The number of fused-ring (bicyclic) bond motifs is 1. The molecule has 0 amide bonds. The van der Waals surface area contributed by atoms with Crippen LogP contribution in [0.15, 0.2) is 24.3 Å². The first-order valence-electron chi connectivity index (χ1n) is 9.28. The summed E-state index contributed by atoms with van der Waals surface area (Å²) in [6.07, 6.45) is 2.86. The molecule has 4 heteroatoms. The Labute approximate surface area is 160 Å². The second kappa shape index (κ2) is 6.17. The van der Waals surface area contributed by atoms with E-state index in [0.717, 1.165) is 58.2 Å². The van der Waals surface area contributed by atoms with Crippen molar-refractivity contribution in [1.82, 2.24) is 0 Å². The molecule has 1 N–H and O–H groups in total. The number of aliphatic hydroxyl groups excluding tert-OH is 1. The third-order valence-corrected chi connectivity index (χ3v) is 6.80. The number of halogens is 1. The van der Waals surface area contributed by atoms with Crippen molar-refractivity contribution in [1.29, 1.82) is 0 Å². The van der Waals surface area contributed by atoms with Gasteiger partial charge in [-0.15, -0.1) is 0 Å². The number of ether oxygens (including phenoxy) is 1. The molecule has 1 aliphatic heterocycles. The fraction of sp³-hybridized carbons (Fsp3) is 0.455. The molecule has 1 saturated carbocycles. The lowest BCUT2D eigenvalue weighted by atomic mass is 9.60. The molecule has 1 spiro atoms. The van der Waals surface area contributed by atoms with Gasteiger partial charge in [-0.05, 0) is 74.6 Å². The summed E-state index contributed by atoms with van der Waals surface area (Å²) in [5.74, 6) is 0.896. The highest BCUT2D eigenvalue weighted by atomic mass is 35.5. The van der Waals surface area contributed by atoms with Gasteiger partial charge in [0.1, 0.15) is 5.75 Å². The van der Waals surface area contributed by atoms with Crippen molar-refractivity contribution in [2.75, 3.05) is 18.6 Å². The Bertz CT molecular complexity index is 856. The Morgan fingerprint density at radius 1 is 1.08 bits per heavy atom. The smallest absolute Gasteiger partial charge is 0.125 e. The molecule has 2 aromatic rings. The van der Waals surface area contributed by atoms with Crippen LogP contribution in [-0.2, 0) is 0 Å². The van der Waals surface area contributed by atoms with Crippen LogP contribution in [0.2, 0.25) is 5.02 Å². The van der Waals surface area contributed by atoms with E-state index in [-0.39, 0.29) is 5.41 Å². The monoisotopic (exact) mass is 371 g/mol. The molecule has 1 unspecified atom stereocenters. The van der Waals surface area contributed by atoms with Crippen molar-refractivity contribution in [3.8, 4) is 5.75 Å². The van der Waals surface area contributed by atoms with Crippen LogP contribution in [0.4, 0.5) is 11.4 Å². The summed E-state index contributed by atoms with van der Waals surface area (Å²) < 4.78 is 5.70. The number of methoxy groups -OCH3 is 1. The van der Waals surface area contributed by atoms with Crippen LogP contribution < -0.4 is 9.64 Å². The van der Waals surface area contributed by atoms with E-state index in [1.54, 1.807) is 7.11 Å². The molecular weight excluding hydrogens is 346 g/mol. The zero-order chi connectivity index (χ0) is 18.6. The van der Waals surface area contributed by atoms with Gasteiger partial charge in [0, 0.05) is 28.2 Å². The molecule has 2 aromatic carbocycles. The third kappa shape index (κ3) is 2.37. The number of hydrogen-bond donors (Lipinski definition) is 1. The van der Waals surface area contributed by atoms with E-state index in [1.807, 2.05) is 12.1 Å². The van der Waals surface area contributed by atoms with Crippen molar-refractivity contribution in [3.05, 3.63) is 51.5 Å². The van der Waals surface area contributed by atoms with Gasteiger partial charge in [-0.3, -0.25) is 0 Å². The predicted molar refractivity (Wildman–Crippen MR) is 107 cm³/mol. The molecule has 138 valence electrons. The molecule has 1 aliphatic carbocycles. The molecular formula is C22H26ClNO2. The van der Waals surface area contributed by atoms with Gasteiger partial charge in [-0.2, -0.15) is 0 Å². The maximum Gasteiger partial charge on any atom is 0.125 e. The second-order valence-electron chi connectivity index (χ2n) is 7.85. The highest BCUT2D eigenvalue weighted by Gasteiger charge is 2.51. The van der Waals surface area contributed by atoms with Gasteiger partial charge in [0.25, 0.3) is 0 Å². The van der Waals surface area contributed by atoms with Crippen LogP contribution in [0, 0.1) is 26.2 Å². The first kappa shape index (κ1) is 17.7. The molecule has 4 rings (SSSR count). The van der Waals surface area contributed by atoms with E-state index in [9.17, 15) is 5.11 Å². The third-order valence-electron chi connectivity index (χ3n) is 6.55. The largest absolute Gasteiger partial charge is 0.496 e. The van der Waals surface area contributed by atoms with Crippen LogP contribution in [0.1, 0.15) is 47.6 Å². The zero-order valence-electron chi connectivity index (χ0n) is 15.9. The van der Waals surface area contributed by atoms with Gasteiger partial charge in [0.15, 0.2) is 0 Å². The van der Waals surface area contributed by atoms with E-state index >= 15 is 0 Å². The molecule has 26 heavy (non-hydrogen) atoms. The molecule has 1 fully saturated rings. The average Bonchev–Trinajstić information content (AvgIpc) is 2.59. The van der Waals surface area contributed by atoms with Crippen molar-refractivity contribution in [2.45, 2.75) is 46.1 Å². The van der Waals surface area contributed by atoms with Crippen LogP contribution in [0.5, 0.6) is 5.75 Å². The molecule has 0 aromatic heterocycles. The van der Waals surface area contributed by atoms with E-state index in [0.29, 0.717) is 0 Å². The van der Waals surface area contributed by atoms with Crippen molar-refractivity contribution in [2.24, 2.45) is 5.41 Å². The van der Waals surface area contributed by atoms with Gasteiger partial charge in [0.2, 0.25) is 0 Å². The SMILES string of the molecule is COc1c(C)c(C)c2c(c1C)C(O)C1(CCC1)CN2c1ccc(Cl)cc1. The van der Waals surface area contributed by atoms with Gasteiger partial charge in [-0.25, -0.2) is 0 Å². The van der Waals surface area contributed by atoms with E-state index in [4.69, 9.17) is 16.3 Å². The maximum absolute atomic E-state index is 11.4. The zero-order valence-corrected chi connectivity index (χ0v) is 16.7. The Hall–Kier alpha value is -1.71. The van der Waals surface area contributed by atoms with Gasteiger partial charge >= 0.3 is 0 Å². The fourth-order valence-corrected chi connectivity index (χ4v) is 4.94. The summed E-state index contributed by atoms with van der Waals surface area (Å²) in [5.41, 5.74) is 6.59. The second-order valence-corrected chi connectivity index (χ2v) is 8.29. The number of benzene rings is 2. The standard InChI is InChI=1S/C22H26ClNO2/c1-13-14(2)20(26-4)15(3)18-19(13)24(17-8-6-16(23)7-9-17)12-22(21(18)25)10-5-11-22/h6-9,21,25H,5,10-12H2,1-4H3. The number of anilines is 2. The number of aliphatic hydroxyl groups is 1. The Balaban J connectivity index is 1.98. The average molecular weight is 372 g/mol. The minimum absolute atomic E-state index is 0.0654.